The summed E-state index contributed by atoms with van der Waals surface area (Å²) in [5.41, 5.74) is 2.50. The number of ether oxygens (including phenoxy) is 2. The molecule has 2 aromatic heterocycles. The van der Waals surface area contributed by atoms with E-state index in [2.05, 4.69) is 51.2 Å². The van der Waals surface area contributed by atoms with E-state index in [0.717, 1.165) is 17.6 Å². The molecule has 19 nitrogen and oxygen atoms in total. The Kier molecular flexibility index (Phi) is 12.5. The van der Waals surface area contributed by atoms with Gasteiger partial charge in [-0.05, 0) is 59.7 Å². The lowest BCUT2D eigenvalue weighted by atomic mass is 10.1. The van der Waals surface area contributed by atoms with Crippen molar-refractivity contribution in [3.8, 4) is 0 Å². The van der Waals surface area contributed by atoms with Crippen LogP contribution in [-0.2, 0) is 29.4 Å². The number of aromatic nitrogens is 6. The molecule has 320 valence electrons. The smallest absolute Gasteiger partial charge is 0.295 e. The van der Waals surface area contributed by atoms with E-state index >= 15 is 0 Å². The van der Waals surface area contributed by atoms with Crippen molar-refractivity contribution in [1.82, 2.24) is 29.9 Å². The van der Waals surface area contributed by atoms with Gasteiger partial charge < -0.3 is 40.5 Å². The minimum absolute atomic E-state index is 0.0543. The van der Waals surface area contributed by atoms with Crippen LogP contribution >= 0.6 is 0 Å². The van der Waals surface area contributed by atoms with Crippen LogP contribution in [0.5, 0.6) is 0 Å². The van der Waals surface area contributed by atoms with E-state index in [-0.39, 0.29) is 45.5 Å². The Bertz CT molecular complexity index is 2600. The van der Waals surface area contributed by atoms with Crippen molar-refractivity contribution in [1.29, 1.82) is 0 Å². The fourth-order valence-electron chi connectivity index (χ4n) is 6.55. The first kappa shape index (κ1) is 41.9. The molecule has 6 aromatic rings. The lowest BCUT2D eigenvalue weighted by Crippen LogP contribution is -2.37. The van der Waals surface area contributed by atoms with Crippen LogP contribution in [0.3, 0.4) is 0 Å². The molecule has 0 saturated carbocycles. The van der Waals surface area contributed by atoms with Crippen LogP contribution in [0, 0.1) is 0 Å². The van der Waals surface area contributed by atoms with Crippen molar-refractivity contribution in [2.75, 3.05) is 89.9 Å². The van der Waals surface area contributed by atoms with Gasteiger partial charge in [-0.25, -0.2) is 8.42 Å². The molecule has 62 heavy (non-hydrogen) atoms. The lowest BCUT2D eigenvalue weighted by Gasteiger charge is -2.27. The Morgan fingerprint density at radius 1 is 0.516 bits per heavy atom. The highest BCUT2D eigenvalue weighted by Gasteiger charge is 2.21. The minimum atomic E-state index is -4.78. The normalized spacial score (nSPS) is 14.7. The van der Waals surface area contributed by atoms with Gasteiger partial charge in [0.15, 0.2) is 9.84 Å². The largest absolute Gasteiger partial charge is 0.378 e. The molecule has 0 radical (unpaired) electrons. The maximum atomic E-state index is 13.2. The van der Waals surface area contributed by atoms with Crippen LogP contribution in [0.1, 0.15) is 11.1 Å². The van der Waals surface area contributed by atoms with E-state index in [1.54, 1.807) is 18.2 Å². The standard InChI is InChI=1S/C41H42N12O7S2/c1-61(54,55)34-26-32(44-38-46-36(42-30-8-4-2-5-9-30)48-40(50-38)52-18-22-59-23-19-52)16-14-28(34)12-13-29-15-17-33(27-35(29)62(56,57)58)45-39-47-37(43-31-10-6-3-7-11-31)49-41(51-39)53-20-24-60-25-21-53/h2-17,26-27H,18-25H2,1H3,(H,56,57,58)(H2,42,44,46,48,50)(H2,43,45,47,49,51). The van der Waals surface area contributed by atoms with Gasteiger partial charge in [0.2, 0.25) is 35.7 Å². The number of benzene rings is 4. The number of morpholine rings is 2. The second kappa shape index (κ2) is 18.5. The van der Waals surface area contributed by atoms with Gasteiger partial charge in [0.1, 0.15) is 4.90 Å². The van der Waals surface area contributed by atoms with Gasteiger partial charge >= 0.3 is 0 Å². The SMILES string of the molecule is CS(=O)(=O)c1cc(Nc2nc(Nc3ccccc3)nc(N3CCOCC3)n2)ccc1C=Cc1ccc(Nc2nc(Nc3ccccc3)nc(N3CCOCC3)n2)cc1S(=O)(=O)O. The molecular weight excluding hydrogens is 837 g/mol. The summed E-state index contributed by atoms with van der Waals surface area (Å²) in [7, 11) is -8.62. The van der Waals surface area contributed by atoms with Crippen LogP contribution in [0.25, 0.3) is 12.2 Å². The maximum absolute atomic E-state index is 13.2. The Morgan fingerprint density at radius 2 is 0.887 bits per heavy atom. The van der Waals surface area contributed by atoms with Gasteiger partial charge in [0.25, 0.3) is 10.1 Å². The van der Waals surface area contributed by atoms with Crippen LogP contribution in [-0.4, -0.2) is 110 Å². The number of anilines is 10. The zero-order valence-electron chi connectivity index (χ0n) is 33.3. The molecular formula is C41H42N12O7S2. The van der Waals surface area contributed by atoms with Gasteiger partial charge in [-0.2, -0.15) is 38.3 Å². The maximum Gasteiger partial charge on any atom is 0.295 e. The summed E-state index contributed by atoms with van der Waals surface area (Å²) >= 11 is 0. The molecule has 0 bridgehead atoms. The Balaban J connectivity index is 1.06. The molecule has 5 N–H and O–H groups in total. The first-order valence-electron chi connectivity index (χ1n) is 19.4. The van der Waals surface area contributed by atoms with E-state index in [9.17, 15) is 21.4 Å². The topological polar surface area (TPSA) is 239 Å². The summed E-state index contributed by atoms with van der Waals surface area (Å²) in [5, 5.41) is 12.5. The quantitative estimate of drug-likeness (QED) is 0.0668. The predicted molar refractivity (Wildman–Crippen MR) is 236 cm³/mol. The van der Waals surface area contributed by atoms with Gasteiger partial charge in [-0.15, -0.1) is 0 Å². The summed E-state index contributed by atoms with van der Waals surface area (Å²) in [6.45, 7) is 4.31. The Hall–Kier alpha value is -6.78. The lowest BCUT2D eigenvalue weighted by molar-refractivity contribution is 0.122. The third-order valence-electron chi connectivity index (χ3n) is 9.55. The van der Waals surface area contributed by atoms with E-state index in [0.29, 0.717) is 70.2 Å². The Morgan fingerprint density at radius 3 is 1.27 bits per heavy atom. The summed E-state index contributed by atoms with van der Waals surface area (Å²) in [6.07, 6.45) is 3.94. The van der Waals surface area contributed by atoms with Crippen LogP contribution in [0.4, 0.5) is 58.4 Å². The van der Waals surface area contributed by atoms with Crippen molar-refractivity contribution in [2.24, 2.45) is 0 Å². The third kappa shape index (κ3) is 10.7. The number of sulfone groups is 1. The zero-order valence-corrected chi connectivity index (χ0v) is 35.0. The molecule has 0 atom stereocenters. The van der Waals surface area contributed by atoms with E-state index < -0.39 is 24.9 Å². The fraction of sp³-hybridized carbons (Fsp3) is 0.220. The number of para-hydroxylation sites is 2. The predicted octanol–water partition coefficient (Wildman–Crippen LogP) is 5.52. The molecule has 2 fully saturated rings. The number of nitrogens with zero attached hydrogens (tertiary/aromatic N) is 8. The van der Waals surface area contributed by atoms with Crippen LogP contribution in [0.15, 0.2) is 107 Å². The van der Waals surface area contributed by atoms with Crippen molar-refractivity contribution < 1.29 is 30.9 Å². The number of hydrogen-bond donors (Lipinski definition) is 5. The summed E-state index contributed by atoms with van der Waals surface area (Å²) in [6, 6.07) is 27.7. The number of rotatable bonds is 14. The monoisotopic (exact) mass is 878 g/mol. The molecule has 0 unspecified atom stereocenters. The summed E-state index contributed by atoms with van der Waals surface area (Å²) in [5.74, 6) is 1.63. The second-order valence-corrected chi connectivity index (χ2v) is 17.5. The average molecular weight is 879 g/mol. The molecule has 8 rings (SSSR count). The van der Waals surface area contributed by atoms with Crippen LogP contribution in [0.2, 0.25) is 0 Å². The number of hydrogen-bond acceptors (Lipinski definition) is 18. The highest BCUT2D eigenvalue weighted by molar-refractivity contribution is 7.90. The van der Waals surface area contributed by atoms with Crippen molar-refractivity contribution >= 4 is 90.5 Å². The zero-order chi connectivity index (χ0) is 43.1. The molecule has 2 aliphatic heterocycles. The van der Waals surface area contributed by atoms with Gasteiger partial charge in [-0.3, -0.25) is 4.55 Å². The van der Waals surface area contributed by atoms with Crippen molar-refractivity contribution in [3.63, 3.8) is 0 Å². The molecule has 21 heteroatoms. The number of nitrogens with one attached hydrogen (secondary N) is 4. The minimum Gasteiger partial charge on any atom is -0.378 e. The van der Waals surface area contributed by atoms with Crippen molar-refractivity contribution in [2.45, 2.75) is 9.79 Å². The molecule has 0 spiro atoms. The first-order chi connectivity index (χ1) is 29.9. The summed E-state index contributed by atoms with van der Waals surface area (Å²) < 4.78 is 73.2. The fourth-order valence-corrected chi connectivity index (χ4v) is 8.16. The van der Waals surface area contributed by atoms with Crippen LogP contribution < -0.4 is 31.1 Å². The molecule has 0 amide bonds. The molecule has 2 saturated heterocycles. The van der Waals surface area contributed by atoms with E-state index in [1.165, 1.54) is 30.4 Å². The third-order valence-corrected chi connectivity index (χ3v) is 11.6. The van der Waals surface area contributed by atoms with E-state index in [4.69, 9.17) is 9.47 Å². The Labute approximate surface area is 358 Å². The molecule has 4 heterocycles. The van der Waals surface area contributed by atoms with Crippen molar-refractivity contribution in [3.05, 3.63) is 108 Å². The van der Waals surface area contributed by atoms with E-state index in [1.807, 2.05) is 70.5 Å². The highest BCUT2D eigenvalue weighted by atomic mass is 32.2. The summed E-state index contributed by atoms with van der Waals surface area (Å²) in [4.78, 5) is 30.9. The van der Waals surface area contributed by atoms with Gasteiger partial charge in [-0.1, -0.05) is 60.7 Å². The molecule has 2 aliphatic rings. The highest BCUT2D eigenvalue weighted by Crippen LogP contribution is 2.29. The van der Waals surface area contributed by atoms with Gasteiger partial charge in [0.05, 0.1) is 31.3 Å². The molecule has 4 aromatic carbocycles. The molecule has 0 aliphatic carbocycles. The first-order valence-corrected chi connectivity index (χ1v) is 22.8. The van der Waals surface area contributed by atoms with Gasteiger partial charge in [0, 0.05) is 55.2 Å². The second-order valence-electron chi connectivity index (χ2n) is 14.1. The average Bonchev–Trinajstić information content (AvgIpc) is 3.27.